The number of fused-ring (bicyclic) bond motifs is 2. The smallest absolute Gasteiger partial charge is 0.308 e. The third-order valence-electron chi connectivity index (χ3n) is 10.3. The molecule has 0 fully saturated rings. The number of carbonyl (C=O) groups is 2. The van der Waals surface area contributed by atoms with Crippen LogP contribution in [0.25, 0.3) is 56.2 Å². The van der Waals surface area contributed by atoms with Crippen LogP contribution in [0, 0.1) is 11.6 Å². The zero-order chi connectivity index (χ0) is 42.4. The largest absolute Gasteiger partial charge is 0.481 e. The zero-order valence-electron chi connectivity index (χ0n) is 33.5. The number of nitrogens with zero attached hydrogens (tertiary/aromatic N) is 2. The van der Waals surface area contributed by atoms with Gasteiger partial charge < -0.3 is 34.3 Å². The van der Waals surface area contributed by atoms with Crippen molar-refractivity contribution in [3.05, 3.63) is 132 Å². The Balaban J connectivity index is 1.14. The molecule has 0 unspecified atom stereocenters. The molecule has 0 radical (unpaired) electrons. The van der Waals surface area contributed by atoms with Gasteiger partial charge in [0.15, 0.2) is 0 Å². The van der Waals surface area contributed by atoms with E-state index in [4.69, 9.17) is 4.74 Å². The summed E-state index contributed by atoms with van der Waals surface area (Å²) in [5, 5.41) is 44.4. The molecule has 0 aliphatic heterocycles. The van der Waals surface area contributed by atoms with E-state index in [1.54, 1.807) is 36.4 Å². The second kappa shape index (κ2) is 18.8. The van der Waals surface area contributed by atoms with Crippen LogP contribution in [0.5, 0.6) is 0 Å². The van der Waals surface area contributed by atoms with Crippen LogP contribution >= 0.6 is 0 Å². The van der Waals surface area contributed by atoms with E-state index in [2.05, 4.69) is 9.13 Å². The molecule has 0 aliphatic carbocycles. The summed E-state index contributed by atoms with van der Waals surface area (Å²) < 4.78 is 37.5. The molecule has 59 heavy (non-hydrogen) atoms. The number of carboxylic acids is 1. The Hall–Kier alpha value is -5.88. The van der Waals surface area contributed by atoms with Crippen molar-refractivity contribution in [2.24, 2.45) is 0 Å². The van der Waals surface area contributed by atoms with Gasteiger partial charge in [-0.15, -0.1) is 0 Å². The number of aromatic nitrogens is 2. The van der Waals surface area contributed by atoms with Gasteiger partial charge in [0, 0.05) is 69.2 Å². The molecule has 2 heterocycles. The Labute approximate surface area is 342 Å². The SMILES string of the molecule is CC(C)n1c(C=C[C@H](O)C[C@H](O)CC(=O)O[C@H](CC(=O)O)C[C@@H](O)C=Cc2c(-c3ccc(F)cc3)c3ccccc3n2C(C)C)c(-c2ccc(F)cc2)c2ccccc21. The molecule has 6 aromatic rings. The minimum atomic E-state index is -1.33. The second-order valence-corrected chi connectivity index (χ2v) is 15.4. The van der Waals surface area contributed by atoms with E-state index in [0.717, 1.165) is 55.4 Å². The lowest BCUT2D eigenvalue weighted by molar-refractivity contribution is -0.156. The average molecular weight is 805 g/mol. The summed E-state index contributed by atoms with van der Waals surface area (Å²) in [5.74, 6) is -2.84. The molecule has 9 nitrogen and oxygen atoms in total. The van der Waals surface area contributed by atoms with Crippen molar-refractivity contribution in [3.63, 3.8) is 0 Å². The highest BCUT2D eigenvalue weighted by molar-refractivity contribution is 6.02. The Morgan fingerprint density at radius 1 is 0.627 bits per heavy atom. The number of carboxylic acid groups (broad SMARTS) is 1. The molecule has 4 atom stereocenters. The number of esters is 1. The summed E-state index contributed by atoms with van der Waals surface area (Å²) in [6.45, 7) is 8.13. The fourth-order valence-corrected chi connectivity index (χ4v) is 7.83. The Bertz CT molecular complexity index is 2460. The maximum Gasteiger partial charge on any atom is 0.308 e. The fourth-order valence-electron chi connectivity index (χ4n) is 7.83. The van der Waals surface area contributed by atoms with E-state index >= 15 is 0 Å². The summed E-state index contributed by atoms with van der Waals surface area (Å²) in [5.41, 5.74) is 6.72. The van der Waals surface area contributed by atoms with E-state index in [1.165, 1.54) is 36.4 Å². The van der Waals surface area contributed by atoms with Crippen LogP contribution in [-0.4, -0.2) is 65.9 Å². The number of carbonyl (C=O) groups excluding carboxylic acids is 1. The van der Waals surface area contributed by atoms with Gasteiger partial charge in [-0.2, -0.15) is 0 Å². The molecule has 6 rings (SSSR count). The van der Waals surface area contributed by atoms with E-state index in [-0.39, 0.29) is 36.6 Å². The summed E-state index contributed by atoms with van der Waals surface area (Å²) in [7, 11) is 0. The van der Waals surface area contributed by atoms with E-state index < -0.39 is 49.2 Å². The molecule has 0 amide bonds. The molecule has 2 aromatic heterocycles. The molecule has 4 N–H and O–H groups in total. The summed E-state index contributed by atoms with van der Waals surface area (Å²) in [4.78, 5) is 24.8. The van der Waals surface area contributed by atoms with Gasteiger partial charge in [0.2, 0.25) is 0 Å². The van der Waals surface area contributed by atoms with Crippen LogP contribution in [-0.2, 0) is 14.3 Å². The van der Waals surface area contributed by atoms with Gasteiger partial charge in [0.25, 0.3) is 0 Å². The van der Waals surface area contributed by atoms with E-state index in [0.29, 0.717) is 0 Å². The van der Waals surface area contributed by atoms with E-state index in [9.17, 15) is 38.8 Å². The molecule has 4 aromatic carbocycles. The van der Waals surface area contributed by atoms with Crippen LogP contribution in [0.3, 0.4) is 0 Å². The second-order valence-electron chi connectivity index (χ2n) is 15.4. The molecular formula is C48H50F2N2O7. The predicted molar refractivity (Wildman–Crippen MR) is 228 cm³/mol. The first-order valence-corrected chi connectivity index (χ1v) is 19.8. The number of para-hydroxylation sites is 2. The Morgan fingerprint density at radius 2 is 1.05 bits per heavy atom. The first-order valence-electron chi connectivity index (χ1n) is 19.8. The minimum Gasteiger partial charge on any atom is -0.481 e. The number of benzene rings is 4. The Kier molecular flexibility index (Phi) is 13.6. The molecule has 308 valence electrons. The van der Waals surface area contributed by atoms with Crippen molar-refractivity contribution in [2.45, 2.75) is 89.9 Å². The van der Waals surface area contributed by atoms with E-state index in [1.807, 2.05) is 76.2 Å². The number of aliphatic hydroxyl groups excluding tert-OH is 3. The minimum absolute atomic E-state index is 0.0117. The summed E-state index contributed by atoms with van der Waals surface area (Å²) in [6, 6.07) is 28.1. The highest BCUT2D eigenvalue weighted by atomic mass is 19.1. The van der Waals surface area contributed by atoms with Crippen LogP contribution in [0.15, 0.2) is 109 Å². The third kappa shape index (κ3) is 10.1. The first-order chi connectivity index (χ1) is 28.2. The van der Waals surface area contributed by atoms with Gasteiger partial charge in [-0.05, 0) is 87.4 Å². The number of hydrogen-bond acceptors (Lipinski definition) is 6. The molecule has 0 saturated carbocycles. The number of hydrogen-bond donors (Lipinski definition) is 4. The fraction of sp³-hybridized carbons (Fsp3) is 0.292. The highest BCUT2D eigenvalue weighted by Crippen LogP contribution is 2.39. The van der Waals surface area contributed by atoms with Gasteiger partial charge in [-0.1, -0.05) is 72.8 Å². The van der Waals surface area contributed by atoms with Gasteiger partial charge >= 0.3 is 11.9 Å². The molecule has 0 aliphatic rings. The average Bonchev–Trinajstić information content (AvgIpc) is 3.69. The number of aliphatic carboxylic acids is 1. The van der Waals surface area contributed by atoms with Crippen LogP contribution in [0.2, 0.25) is 0 Å². The predicted octanol–water partition coefficient (Wildman–Crippen LogP) is 9.74. The van der Waals surface area contributed by atoms with Crippen LogP contribution < -0.4 is 0 Å². The first kappa shape index (κ1) is 42.7. The van der Waals surface area contributed by atoms with Crippen molar-refractivity contribution in [2.75, 3.05) is 0 Å². The summed E-state index contributed by atoms with van der Waals surface area (Å²) in [6.07, 6.45) is 0.0797. The summed E-state index contributed by atoms with van der Waals surface area (Å²) >= 11 is 0. The molecular weight excluding hydrogens is 755 g/mol. The highest BCUT2D eigenvalue weighted by Gasteiger charge is 2.25. The molecule has 0 saturated heterocycles. The number of rotatable bonds is 17. The molecule has 0 bridgehead atoms. The van der Waals surface area contributed by atoms with Gasteiger partial charge in [0.05, 0.1) is 31.2 Å². The quantitative estimate of drug-likeness (QED) is 0.0675. The van der Waals surface area contributed by atoms with Gasteiger partial charge in [-0.3, -0.25) is 9.59 Å². The maximum absolute atomic E-state index is 13.9. The number of aliphatic hydroxyl groups is 3. The van der Waals surface area contributed by atoms with Crippen molar-refractivity contribution in [1.29, 1.82) is 0 Å². The lowest BCUT2D eigenvalue weighted by atomic mass is 10.0. The van der Waals surface area contributed by atoms with Gasteiger partial charge in [-0.25, -0.2) is 8.78 Å². The number of ether oxygens (including phenoxy) is 1. The molecule has 0 spiro atoms. The van der Waals surface area contributed by atoms with Gasteiger partial charge in [0.1, 0.15) is 17.7 Å². The molecule has 11 heteroatoms. The number of halogens is 2. The van der Waals surface area contributed by atoms with Crippen LogP contribution in [0.4, 0.5) is 8.78 Å². The van der Waals surface area contributed by atoms with Crippen LogP contribution in [0.1, 0.15) is 76.8 Å². The monoisotopic (exact) mass is 804 g/mol. The van der Waals surface area contributed by atoms with Crippen molar-refractivity contribution in [1.82, 2.24) is 9.13 Å². The van der Waals surface area contributed by atoms with Crippen molar-refractivity contribution >= 4 is 45.9 Å². The standard InChI is InChI=1S/C48H50F2N2O7/c1-29(2)51-41-11-7-5-9-39(41)47(31-13-17-33(49)18-14-31)43(51)23-21-35(53)25-37(55)27-46(58)59-38(28-45(56)57)26-36(54)22-24-44-48(32-15-19-34(50)20-16-32)40-10-6-8-12-42(40)52(44)30(3)4/h5-24,29-30,35-38,53-55H,25-28H2,1-4H3,(H,56,57)/t35-,36-,37-,38-/m0/s1. The normalized spacial score (nSPS) is 14.2. The van der Waals surface area contributed by atoms with Crippen molar-refractivity contribution in [3.8, 4) is 22.3 Å². The topological polar surface area (TPSA) is 134 Å². The maximum atomic E-state index is 13.9. The zero-order valence-corrected chi connectivity index (χ0v) is 33.5. The lowest BCUT2D eigenvalue weighted by Crippen LogP contribution is -2.28. The lowest BCUT2D eigenvalue weighted by Gasteiger charge is -2.20. The third-order valence-corrected chi connectivity index (χ3v) is 10.3. The Morgan fingerprint density at radius 3 is 1.47 bits per heavy atom. The van der Waals surface area contributed by atoms with Crippen molar-refractivity contribution < 1.29 is 43.5 Å².